The van der Waals surface area contributed by atoms with Gasteiger partial charge in [0.1, 0.15) is 0 Å². The van der Waals surface area contributed by atoms with Gasteiger partial charge < -0.3 is 5.32 Å². The lowest BCUT2D eigenvalue weighted by Gasteiger charge is -2.18. The SMILES string of the molecule is CCCn1nncc1C(NC)c1cc(Cl)cc(Cl)c1. The molecule has 1 heterocycles. The van der Waals surface area contributed by atoms with Crippen LogP contribution in [0.3, 0.4) is 0 Å². The Morgan fingerprint density at radius 1 is 1.26 bits per heavy atom. The molecular formula is C13H16Cl2N4. The molecule has 1 aromatic carbocycles. The van der Waals surface area contributed by atoms with Crippen molar-refractivity contribution in [1.29, 1.82) is 0 Å². The van der Waals surface area contributed by atoms with E-state index in [1.165, 1.54) is 0 Å². The first-order valence-electron chi connectivity index (χ1n) is 6.17. The van der Waals surface area contributed by atoms with Crippen molar-refractivity contribution >= 4 is 23.2 Å². The highest BCUT2D eigenvalue weighted by atomic mass is 35.5. The maximum absolute atomic E-state index is 6.06. The first-order valence-corrected chi connectivity index (χ1v) is 6.93. The number of hydrogen-bond donors (Lipinski definition) is 1. The van der Waals surface area contributed by atoms with Crippen LogP contribution in [0.2, 0.25) is 10.0 Å². The largest absolute Gasteiger partial charge is 0.308 e. The molecule has 0 fully saturated rings. The van der Waals surface area contributed by atoms with Gasteiger partial charge in [0.15, 0.2) is 0 Å². The summed E-state index contributed by atoms with van der Waals surface area (Å²) in [5.41, 5.74) is 2.00. The number of hydrogen-bond acceptors (Lipinski definition) is 3. The van der Waals surface area contributed by atoms with E-state index < -0.39 is 0 Å². The molecule has 6 heteroatoms. The van der Waals surface area contributed by atoms with Crippen molar-refractivity contribution in [2.75, 3.05) is 7.05 Å². The topological polar surface area (TPSA) is 42.7 Å². The van der Waals surface area contributed by atoms with E-state index in [0.717, 1.165) is 24.2 Å². The van der Waals surface area contributed by atoms with E-state index in [1.807, 2.05) is 23.9 Å². The van der Waals surface area contributed by atoms with E-state index in [1.54, 1.807) is 12.3 Å². The quantitative estimate of drug-likeness (QED) is 0.921. The Balaban J connectivity index is 2.40. The molecule has 0 aliphatic rings. The van der Waals surface area contributed by atoms with Crippen molar-refractivity contribution in [3.8, 4) is 0 Å². The molecule has 1 aromatic heterocycles. The lowest BCUT2D eigenvalue weighted by molar-refractivity contribution is 0.523. The molecule has 1 N–H and O–H groups in total. The molecule has 0 amide bonds. The molecule has 0 bridgehead atoms. The molecule has 0 aliphatic carbocycles. The first-order chi connectivity index (χ1) is 9.15. The molecule has 0 saturated carbocycles. The smallest absolute Gasteiger partial charge is 0.0801 e. The van der Waals surface area contributed by atoms with Gasteiger partial charge in [0.2, 0.25) is 0 Å². The van der Waals surface area contributed by atoms with Crippen molar-refractivity contribution < 1.29 is 0 Å². The van der Waals surface area contributed by atoms with Crippen LogP contribution in [-0.2, 0) is 6.54 Å². The second-order valence-electron chi connectivity index (χ2n) is 4.31. The molecule has 2 rings (SSSR count). The van der Waals surface area contributed by atoms with Gasteiger partial charge in [-0.15, -0.1) is 5.10 Å². The van der Waals surface area contributed by atoms with Gasteiger partial charge in [0.25, 0.3) is 0 Å². The Hall–Kier alpha value is -1.10. The van der Waals surface area contributed by atoms with Gasteiger partial charge in [-0.2, -0.15) is 0 Å². The van der Waals surface area contributed by atoms with Gasteiger partial charge in [0.05, 0.1) is 17.9 Å². The molecular weight excluding hydrogens is 283 g/mol. The van der Waals surface area contributed by atoms with Gasteiger partial charge in [-0.05, 0) is 37.2 Å². The van der Waals surface area contributed by atoms with Crippen LogP contribution in [0.4, 0.5) is 0 Å². The number of halogens is 2. The number of nitrogens with zero attached hydrogens (tertiary/aromatic N) is 3. The van der Waals surface area contributed by atoms with Crippen LogP contribution in [-0.4, -0.2) is 22.0 Å². The van der Waals surface area contributed by atoms with Crippen LogP contribution in [0.1, 0.15) is 30.6 Å². The van der Waals surface area contributed by atoms with Gasteiger partial charge in [-0.1, -0.05) is 35.3 Å². The molecule has 1 atom stereocenters. The van der Waals surface area contributed by atoms with E-state index in [4.69, 9.17) is 23.2 Å². The van der Waals surface area contributed by atoms with Crippen LogP contribution in [0, 0.1) is 0 Å². The van der Waals surface area contributed by atoms with Gasteiger partial charge in [0, 0.05) is 16.6 Å². The van der Waals surface area contributed by atoms with E-state index in [9.17, 15) is 0 Å². The maximum Gasteiger partial charge on any atom is 0.0801 e. The summed E-state index contributed by atoms with van der Waals surface area (Å²) in [5.74, 6) is 0. The molecule has 0 aliphatic heterocycles. The van der Waals surface area contributed by atoms with Crippen molar-refractivity contribution in [2.45, 2.75) is 25.9 Å². The summed E-state index contributed by atoms with van der Waals surface area (Å²) >= 11 is 12.1. The molecule has 19 heavy (non-hydrogen) atoms. The Bertz CT molecular complexity index is 533. The average molecular weight is 299 g/mol. The highest BCUT2D eigenvalue weighted by Crippen LogP contribution is 2.27. The zero-order valence-corrected chi connectivity index (χ0v) is 12.4. The van der Waals surface area contributed by atoms with E-state index in [2.05, 4.69) is 22.6 Å². The Morgan fingerprint density at radius 3 is 2.53 bits per heavy atom. The number of rotatable bonds is 5. The van der Waals surface area contributed by atoms with Gasteiger partial charge >= 0.3 is 0 Å². The summed E-state index contributed by atoms with van der Waals surface area (Å²) in [6.07, 6.45) is 2.77. The van der Waals surface area contributed by atoms with Crippen LogP contribution in [0.5, 0.6) is 0 Å². The maximum atomic E-state index is 6.06. The molecule has 102 valence electrons. The number of benzene rings is 1. The Labute approximate surface area is 122 Å². The first kappa shape index (κ1) is 14.3. The third-order valence-electron chi connectivity index (χ3n) is 2.89. The summed E-state index contributed by atoms with van der Waals surface area (Å²) in [6, 6.07) is 5.49. The van der Waals surface area contributed by atoms with E-state index >= 15 is 0 Å². The zero-order valence-electron chi connectivity index (χ0n) is 10.9. The minimum atomic E-state index is -0.0299. The van der Waals surface area contributed by atoms with Crippen molar-refractivity contribution in [3.63, 3.8) is 0 Å². The summed E-state index contributed by atoms with van der Waals surface area (Å²) in [5, 5.41) is 12.6. The van der Waals surface area contributed by atoms with Crippen molar-refractivity contribution in [1.82, 2.24) is 20.3 Å². The minimum Gasteiger partial charge on any atom is -0.308 e. The van der Waals surface area contributed by atoms with Gasteiger partial charge in [-0.3, -0.25) is 0 Å². The van der Waals surface area contributed by atoms with Crippen LogP contribution < -0.4 is 5.32 Å². The molecule has 1 unspecified atom stereocenters. The third-order valence-corrected chi connectivity index (χ3v) is 3.32. The fraction of sp³-hybridized carbons (Fsp3) is 0.385. The monoisotopic (exact) mass is 298 g/mol. The van der Waals surface area contributed by atoms with Crippen LogP contribution >= 0.6 is 23.2 Å². The highest BCUT2D eigenvalue weighted by molar-refractivity contribution is 6.34. The average Bonchev–Trinajstić information content (AvgIpc) is 2.78. The summed E-state index contributed by atoms with van der Waals surface area (Å²) in [7, 11) is 1.89. The second-order valence-corrected chi connectivity index (χ2v) is 5.18. The number of nitrogens with one attached hydrogen (secondary N) is 1. The zero-order chi connectivity index (χ0) is 13.8. The standard InChI is InChI=1S/C13H16Cl2N4/c1-3-4-19-12(8-17-18-19)13(16-2)9-5-10(14)7-11(15)6-9/h5-8,13,16H,3-4H2,1-2H3. The van der Waals surface area contributed by atoms with Crippen molar-refractivity contribution in [2.24, 2.45) is 0 Å². The number of aryl methyl sites for hydroxylation is 1. The van der Waals surface area contributed by atoms with Crippen LogP contribution in [0.15, 0.2) is 24.4 Å². The summed E-state index contributed by atoms with van der Waals surface area (Å²) in [6.45, 7) is 2.94. The predicted molar refractivity (Wildman–Crippen MR) is 77.7 cm³/mol. The molecule has 4 nitrogen and oxygen atoms in total. The van der Waals surface area contributed by atoms with E-state index in [-0.39, 0.29) is 6.04 Å². The molecule has 2 aromatic rings. The van der Waals surface area contributed by atoms with Gasteiger partial charge in [-0.25, -0.2) is 4.68 Å². The second kappa shape index (κ2) is 6.37. The van der Waals surface area contributed by atoms with E-state index in [0.29, 0.717) is 10.0 Å². The molecule has 0 radical (unpaired) electrons. The third kappa shape index (κ3) is 3.26. The minimum absolute atomic E-state index is 0.0299. The normalized spacial score (nSPS) is 12.6. The number of aromatic nitrogens is 3. The Kier molecular flexibility index (Phi) is 4.80. The highest BCUT2D eigenvalue weighted by Gasteiger charge is 2.18. The lowest BCUT2D eigenvalue weighted by Crippen LogP contribution is -2.21. The van der Waals surface area contributed by atoms with Crippen LogP contribution in [0.25, 0.3) is 0 Å². The predicted octanol–water partition coefficient (Wildman–Crippen LogP) is 3.30. The Morgan fingerprint density at radius 2 is 1.95 bits per heavy atom. The van der Waals surface area contributed by atoms with Crippen molar-refractivity contribution in [3.05, 3.63) is 45.7 Å². The summed E-state index contributed by atoms with van der Waals surface area (Å²) in [4.78, 5) is 0. The fourth-order valence-electron chi connectivity index (χ4n) is 2.10. The molecule has 0 saturated heterocycles. The molecule has 0 spiro atoms. The lowest BCUT2D eigenvalue weighted by atomic mass is 10.0. The summed E-state index contributed by atoms with van der Waals surface area (Å²) < 4.78 is 1.90. The fourth-order valence-corrected chi connectivity index (χ4v) is 2.64.